The molecule has 0 saturated heterocycles. The summed E-state index contributed by atoms with van der Waals surface area (Å²) >= 11 is 0. The van der Waals surface area contributed by atoms with Crippen LogP contribution in [0.15, 0.2) is 164 Å². The summed E-state index contributed by atoms with van der Waals surface area (Å²) in [6, 6.07) is 35.6. The van der Waals surface area contributed by atoms with Crippen molar-refractivity contribution in [2.24, 2.45) is 10.3 Å². The van der Waals surface area contributed by atoms with E-state index in [0.717, 1.165) is 50.3 Å². The first-order chi connectivity index (χ1) is 31.0. The fourth-order valence-electron chi connectivity index (χ4n) is 6.96. The maximum atomic E-state index is 12.3. The van der Waals surface area contributed by atoms with Gasteiger partial charge in [-0.2, -0.15) is 0 Å². The minimum atomic E-state index is -0.523. The van der Waals surface area contributed by atoms with Gasteiger partial charge < -0.3 is 28.6 Å². The third-order valence-corrected chi connectivity index (χ3v) is 10.8. The summed E-state index contributed by atoms with van der Waals surface area (Å²) in [6.45, 7) is 9.01. The zero-order chi connectivity index (χ0) is 45.8. The molecule has 0 aliphatic heterocycles. The molecule has 0 N–H and O–H groups in total. The molecular weight excluding hydrogens is 805 g/mol. The zero-order valence-corrected chi connectivity index (χ0v) is 38.0. The van der Waals surface area contributed by atoms with Crippen molar-refractivity contribution in [3.05, 3.63) is 176 Å². The fourth-order valence-corrected chi connectivity index (χ4v) is 6.96. The predicted molar refractivity (Wildman–Crippen MR) is 254 cm³/mol. The molecule has 64 heavy (non-hydrogen) atoms. The molecule has 0 fully saturated rings. The SMILES string of the molecule is CO/N=C(/C(=O)OC)C1=C(COc2cccc(/C=C\c3ccccc3)c2)CC(C)=C(C)C1.CO/N=C(/C(=O)OC)C1=C(COc2cccc(C#Cc3ccccc3)c2)CC(C)=C(C)C1. The largest absolute Gasteiger partial charge is 0.489 e. The lowest BCUT2D eigenvalue weighted by Gasteiger charge is -2.23. The number of esters is 2. The summed E-state index contributed by atoms with van der Waals surface area (Å²) in [5.41, 5.74) is 12.9. The number of benzene rings is 4. The van der Waals surface area contributed by atoms with Crippen LogP contribution in [0.5, 0.6) is 11.5 Å². The minimum Gasteiger partial charge on any atom is -0.489 e. The van der Waals surface area contributed by atoms with Crippen LogP contribution in [0.3, 0.4) is 0 Å². The molecule has 0 bridgehead atoms. The van der Waals surface area contributed by atoms with Crippen molar-refractivity contribution in [3.63, 3.8) is 0 Å². The molecule has 10 nitrogen and oxygen atoms in total. The molecule has 10 heteroatoms. The second-order valence-corrected chi connectivity index (χ2v) is 15.3. The number of hydrogen-bond donors (Lipinski definition) is 0. The molecule has 0 spiro atoms. The molecule has 0 heterocycles. The van der Waals surface area contributed by atoms with Gasteiger partial charge in [0.25, 0.3) is 0 Å². The van der Waals surface area contributed by atoms with Crippen molar-refractivity contribution in [2.45, 2.75) is 53.4 Å². The summed E-state index contributed by atoms with van der Waals surface area (Å²) in [4.78, 5) is 34.4. The number of allylic oxidation sites excluding steroid dienone is 4. The van der Waals surface area contributed by atoms with Crippen LogP contribution in [0.4, 0.5) is 0 Å². The van der Waals surface area contributed by atoms with Crippen molar-refractivity contribution in [1.82, 2.24) is 0 Å². The summed E-state index contributed by atoms with van der Waals surface area (Å²) in [5, 5.41) is 7.89. The molecule has 6 rings (SSSR count). The molecule has 0 unspecified atom stereocenters. The van der Waals surface area contributed by atoms with Gasteiger partial charge in [-0.3, -0.25) is 0 Å². The Bertz CT molecular complexity index is 2570. The number of oxime groups is 2. The average Bonchev–Trinajstić information content (AvgIpc) is 3.32. The van der Waals surface area contributed by atoms with E-state index >= 15 is 0 Å². The van der Waals surface area contributed by atoms with E-state index in [1.165, 1.54) is 50.7 Å². The van der Waals surface area contributed by atoms with Crippen LogP contribution in [-0.4, -0.2) is 65.0 Å². The highest BCUT2D eigenvalue weighted by Crippen LogP contribution is 2.33. The van der Waals surface area contributed by atoms with Crippen LogP contribution in [0, 0.1) is 11.8 Å². The topological polar surface area (TPSA) is 114 Å². The van der Waals surface area contributed by atoms with Gasteiger partial charge in [-0.05, 0) is 129 Å². The fraction of sp³-hybridized carbons (Fsp3) is 0.259. The highest BCUT2D eigenvalue weighted by atomic mass is 16.6. The maximum absolute atomic E-state index is 12.3. The lowest BCUT2D eigenvalue weighted by Crippen LogP contribution is -2.24. The summed E-state index contributed by atoms with van der Waals surface area (Å²) in [7, 11) is 5.52. The first-order valence-corrected chi connectivity index (χ1v) is 20.9. The van der Waals surface area contributed by atoms with Gasteiger partial charge in [0.15, 0.2) is 11.4 Å². The second-order valence-electron chi connectivity index (χ2n) is 15.3. The molecule has 330 valence electrons. The summed E-state index contributed by atoms with van der Waals surface area (Å²) in [6.07, 6.45) is 6.76. The van der Waals surface area contributed by atoms with Crippen molar-refractivity contribution in [1.29, 1.82) is 0 Å². The number of carbonyl (C=O) groups is 2. The van der Waals surface area contributed by atoms with Gasteiger partial charge in [0.2, 0.25) is 0 Å². The Kier molecular flexibility index (Phi) is 18.1. The molecular formula is C54H56N2O8. The Morgan fingerprint density at radius 1 is 0.516 bits per heavy atom. The third-order valence-electron chi connectivity index (χ3n) is 10.8. The standard InChI is InChI=1S/C27H29NO4.C27H27NO4/c2*1-19-15-23(25(16-20(19)2)26(28-31-4)27(29)30-3)18-32-24-12-8-11-22(17-24)14-13-21-9-6-5-7-10-21/h5-14,17H,15-16,18H2,1-4H3;5-12,17H,15-16,18H2,1-4H3/b14-13-,28-26+;28-26+. The molecule has 2 aliphatic rings. The Balaban J connectivity index is 0.000000241. The smallest absolute Gasteiger partial charge is 0.360 e. The van der Waals surface area contributed by atoms with E-state index in [-0.39, 0.29) is 11.4 Å². The zero-order valence-electron chi connectivity index (χ0n) is 38.0. The summed E-state index contributed by atoms with van der Waals surface area (Å²) < 4.78 is 22.1. The van der Waals surface area contributed by atoms with E-state index in [1.807, 2.05) is 97.1 Å². The normalized spacial score (nSPS) is 14.3. The van der Waals surface area contributed by atoms with Crippen molar-refractivity contribution >= 4 is 35.5 Å². The quantitative estimate of drug-likeness (QED) is 0.0307. The Morgan fingerprint density at radius 3 is 1.45 bits per heavy atom. The van der Waals surface area contributed by atoms with Crippen LogP contribution in [0.1, 0.15) is 75.6 Å². The average molecular weight is 861 g/mol. The Hall–Kier alpha value is -7.38. The van der Waals surface area contributed by atoms with Crippen LogP contribution >= 0.6 is 0 Å². The third kappa shape index (κ3) is 13.8. The number of hydrogen-bond acceptors (Lipinski definition) is 10. The number of carbonyl (C=O) groups excluding carboxylic acids is 2. The van der Waals surface area contributed by atoms with Gasteiger partial charge in [-0.1, -0.05) is 123 Å². The van der Waals surface area contributed by atoms with Crippen molar-refractivity contribution in [2.75, 3.05) is 41.7 Å². The van der Waals surface area contributed by atoms with Gasteiger partial charge in [0, 0.05) is 11.1 Å². The van der Waals surface area contributed by atoms with E-state index in [2.05, 4.69) is 74.1 Å². The highest BCUT2D eigenvalue weighted by Gasteiger charge is 2.28. The van der Waals surface area contributed by atoms with Crippen LogP contribution < -0.4 is 9.47 Å². The van der Waals surface area contributed by atoms with E-state index < -0.39 is 11.9 Å². The predicted octanol–water partition coefficient (Wildman–Crippen LogP) is 10.9. The molecule has 0 amide bonds. The van der Waals surface area contributed by atoms with Crippen molar-refractivity contribution < 1.29 is 38.2 Å². The Labute approximate surface area is 377 Å². The van der Waals surface area contributed by atoms with Crippen LogP contribution in [0.25, 0.3) is 12.2 Å². The second kappa shape index (κ2) is 24.3. The number of nitrogens with zero attached hydrogens (tertiary/aromatic N) is 2. The van der Waals surface area contributed by atoms with Gasteiger partial charge in [0.05, 0.1) is 14.2 Å². The van der Waals surface area contributed by atoms with E-state index in [1.54, 1.807) is 0 Å². The van der Waals surface area contributed by atoms with Gasteiger partial charge in [0.1, 0.15) is 38.9 Å². The molecule has 0 aromatic heterocycles. The summed E-state index contributed by atoms with van der Waals surface area (Å²) in [5.74, 6) is 6.77. The molecule has 4 aromatic carbocycles. The van der Waals surface area contributed by atoms with Gasteiger partial charge in [-0.25, -0.2) is 9.59 Å². The van der Waals surface area contributed by atoms with Crippen LogP contribution in [-0.2, 0) is 28.7 Å². The molecule has 2 aliphatic carbocycles. The number of ether oxygens (including phenoxy) is 4. The van der Waals surface area contributed by atoms with E-state index in [4.69, 9.17) is 28.6 Å². The lowest BCUT2D eigenvalue weighted by atomic mass is 9.85. The van der Waals surface area contributed by atoms with E-state index in [9.17, 15) is 9.59 Å². The van der Waals surface area contributed by atoms with Crippen LogP contribution in [0.2, 0.25) is 0 Å². The minimum absolute atomic E-state index is 0.183. The lowest BCUT2D eigenvalue weighted by molar-refractivity contribution is -0.133. The Morgan fingerprint density at radius 2 is 0.938 bits per heavy atom. The van der Waals surface area contributed by atoms with Gasteiger partial charge in [-0.15, -0.1) is 0 Å². The first-order valence-electron chi connectivity index (χ1n) is 20.9. The molecule has 0 atom stereocenters. The van der Waals surface area contributed by atoms with Crippen molar-refractivity contribution in [3.8, 4) is 23.3 Å². The number of methoxy groups -OCH3 is 2. The maximum Gasteiger partial charge on any atom is 0.360 e. The molecule has 0 radical (unpaired) electrons. The first kappa shape index (κ1) is 47.7. The number of rotatable bonds is 14. The molecule has 4 aromatic rings. The molecule has 0 saturated carbocycles. The van der Waals surface area contributed by atoms with Gasteiger partial charge >= 0.3 is 11.9 Å². The monoisotopic (exact) mass is 860 g/mol. The van der Waals surface area contributed by atoms with E-state index in [0.29, 0.717) is 44.6 Å². The highest BCUT2D eigenvalue weighted by molar-refractivity contribution is 6.43.